The number of hydrogen-bond donors (Lipinski definition) is 3. The number of aliphatic carboxylic acids is 1. The van der Waals surface area contributed by atoms with Gasteiger partial charge in [-0.25, -0.2) is 0 Å². The predicted octanol–water partition coefficient (Wildman–Crippen LogP) is 4.24. The fourth-order valence-corrected chi connectivity index (χ4v) is 5.92. The summed E-state index contributed by atoms with van der Waals surface area (Å²) in [6.07, 6.45) is 0.661. The normalized spacial score (nSPS) is 29.1. The van der Waals surface area contributed by atoms with Gasteiger partial charge in [0.2, 0.25) is 5.91 Å². The zero-order valence-corrected chi connectivity index (χ0v) is 17.5. The molecule has 1 aromatic carbocycles. The lowest BCUT2D eigenvalue weighted by molar-refractivity contribution is -0.139. The molecule has 4 rings (SSSR count). The highest BCUT2D eigenvalue weighted by Gasteiger charge is 2.66. The summed E-state index contributed by atoms with van der Waals surface area (Å²) in [7, 11) is 0. The highest BCUT2D eigenvalue weighted by atomic mass is 35.5. The number of rotatable bonds is 3. The third-order valence-electron chi connectivity index (χ3n) is 5.74. The Labute approximate surface area is 173 Å². The van der Waals surface area contributed by atoms with E-state index < -0.39 is 23.3 Å². The van der Waals surface area contributed by atoms with Crippen molar-refractivity contribution in [3.05, 3.63) is 51.2 Å². The molecular weight excluding hydrogens is 396 g/mol. The van der Waals surface area contributed by atoms with Gasteiger partial charge in [0.15, 0.2) is 0 Å². The Morgan fingerprint density at radius 1 is 1.32 bits per heavy atom. The Morgan fingerprint density at radius 3 is 2.68 bits per heavy atom. The van der Waals surface area contributed by atoms with Crippen LogP contribution in [0.4, 0.5) is 5.69 Å². The summed E-state index contributed by atoms with van der Waals surface area (Å²) in [4.78, 5) is 26.7. The number of hydrogen-bond acceptors (Lipinski definition) is 4. The van der Waals surface area contributed by atoms with Crippen molar-refractivity contribution in [2.75, 3.05) is 5.32 Å². The van der Waals surface area contributed by atoms with E-state index >= 15 is 0 Å². The number of thiophene rings is 1. The summed E-state index contributed by atoms with van der Waals surface area (Å²) in [6.45, 7) is 6.31. The Balaban J connectivity index is 1.98. The number of anilines is 1. The van der Waals surface area contributed by atoms with Crippen LogP contribution in [-0.2, 0) is 15.0 Å². The third kappa shape index (κ3) is 2.86. The number of fused-ring (bicyclic) bond motifs is 2. The van der Waals surface area contributed by atoms with Crippen molar-refractivity contribution in [1.82, 2.24) is 5.32 Å². The minimum Gasteiger partial charge on any atom is -0.480 e. The minimum atomic E-state index is -0.999. The monoisotopic (exact) mass is 418 g/mol. The number of carboxylic acid groups (broad SMARTS) is 1. The van der Waals surface area contributed by atoms with Crippen molar-refractivity contribution < 1.29 is 14.7 Å². The van der Waals surface area contributed by atoms with Crippen LogP contribution >= 0.6 is 22.9 Å². The van der Waals surface area contributed by atoms with Gasteiger partial charge in [-0.3, -0.25) is 14.9 Å². The molecule has 28 heavy (non-hydrogen) atoms. The lowest BCUT2D eigenvalue weighted by Crippen LogP contribution is -2.49. The van der Waals surface area contributed by atoms with E-state index in [1.165, 1.54) is 11.3 Å². The molecule has 1 saturated heterocycles. The van der Waals surface area contributed by atoms with Gasteiger partial charge in [-0.1, -0.05) is 44.5 Å². The van der Waals surface area contributed by atoms with Gasteiger partial charge in [0, 0.05) is 27.5 Å². The van der Waals surface area contributed by atoms with Crippen molar-refractivity contribution in [2.45, 2.75) is 50.6 Å². The molecule has 2 aromatic rings. The maximum absolute atomic E-state index is 13.6. The molecule has 0 radical (unpaired) electrons. The van der Waals surface area contributed by atoms with E-state index in [4.69, 9.17) is 11.6 Å². The second-order valence-electron chi connectivity index (χ2n) is 8.81. The zero-order valence-electron chi connectivity index (χ0n) is 16.0. The number of benzene rings is 1. The number of halogens is 1. The Kier molecular flexibility index (Phi) is 4.56. The molecule has 7 heteroatoms. The summed E-state index contributed by atoms with van der Waals surface area (Å²) < 4.78 is 0. The minimum absolute atomic E-state index is 0.0898. The van der Waals surface area contributed by atoms with E-state index in [2.05, 4.69) is 31.4 Å². The molecule has 0 bridgehead atoms. The van der Waals surface area contributed by atoms with Gasteiger partial charge in [-0.05, 0) is 41.0 Å². The van der Waals surface area contributed by atoms with Crippen molar-refractivity contribution in [1.29, 1.82) is 0 Å². The molecule has 2 aliphatic heterocycles. The van der Waals surface area contributed by atoms with E-state index in [9.17, 15) is 14.7 Å². The highest BCUT2D eigenvalue weighted by molar-refractivity contribution is 7.10. The Bertz CT molecular complexity index is 938. The fraction of sp³-hybridized carbons (Fsp3) is 0.429. The lowest BCUT2D eigenvalue weighted by atomic mass is 9.64. The van der Waals surface area contributed by atoms with Crippen LogP contribution in [0, 0.1) is 5.41 Å². The molecule has 4 unspecified atom stereocenters. The Morgan fingerprint density at radius 2 is 2.07 bits per heavy atom. The number of nitrogens with one attached hydrogen (secondary N) is 2. The molecule has 1 aromatic heterocycles. The molecule has 0 aliphatic carbocycles. The number of amides is 1. The van der Waals surface area contributed by atoms with E-state index in [1.54, 1.807) is 12.1 Å². The van der Waals surface area contributed by atoms with Crippen molar-refractivity contribution >= 4 is 40.5 Å². The first kappa shape index (κ1) is 19.4. The first-order chi connectivity index (χ1) is 13.1. The Hall–Kier alpha value is -1.89. The van der Waals surface area contributed by atoms with E-state index in [1.807, 2.05) is 23.6 Å². The highest BCUT2D eigenvalue weighted by Crippen LogP contribution is 2.57. The number of carbonyl (C=O) groups excluding carboxylic acids is 1. The second-order valence-corrected chi connectivity index (χ2v) is 10.2. The van der Waals surface area contributed by atoms with Crippen molar-refractivity contribution in [3.8, 4) is 0 Å². The summed E-state index contributed by atoms with van der Waals surface area (Å²) in [5.41, 5.74) is 0.408. The van der Waals surface area contributed by atoms with E-state index in [0.717, 1.165) is 10.4 Å². The SMILES string of the molecule is CC(C)(C)CC1NC(C(=O)O)C(c2cccs2)C12C(=O)Nc1cc(Cl)ccc12. The maximum atomic E-state index is 13.6. The van der Waals surface area contributed by atoms with Crippen LogP contribution in [0.25, 0.3) is 0 Å². The first-order valence-corrected chi connectivity index (χ1v) is 10.5. The van der Waals surface area contributed by atoms with Crippen LogP contribution in [-0.4, -0.2) is 29.1 Å². The fourth-order valence-electron chi connectivity index (χ4n) is 4.81. The average molecular weight is 419 g/mol. The molecule has 3 heterocycles. The van der Waals surface area contributed by atoms with Crippen LogP contribution in [0.5, 0.6) is 0 Å². The van der Waals surface area contributed by atoms with Gasteiger partial charge in [0.1, 0.15) is 11.5 Å². The molecule has 1 spiro atoms. The van der Waals surface area contributed by atoms with Gasteiger partial charge < -0.3 is 10.4 Å². The molecule has 1 fully saturated rings. The van der Waals surface area contributed by atoms with Crippen LogP contribution in [0.1, 0.15) is 43.6 Å². The summed E-state index contributed by atoms with van der Waals surface area (Å²) in [5.74, 6) is -1.60. The molecule has 148 valence electrons. The van der Waals surface area contributed by atoms with E-state index in [-0.39, 0.29) is 17.4 Å². The first-order valence-electron chi connectivity index (χ1n) is 9.28. The molecule has 5 nitrogen and oxygen atoms in total. The molecule has 2 aliphatic rings. The summed E-state index contributed by atoms with van der Waals surface area (Å²) in [6, 6.07) is 8.06. The van der Waals surface area contributed by atoms with Gasteiger partial charge in [-0.15, -0.1) is 11.3 Å². The number of carbonyl (C=O) groups is 2. The topological polar surface area (TPSA) is 78.4 Å². The maximum Gasteiger partial charge on any atom is 0.321 e. The summed E-state index contributed by atoms with van der Waals surface area (Å²) in [5, 5.41) is 18.8. The third-order valence-corrected chi connectivity index (χ3v) is 6.93. The lowest BCUT2D eigenvalue weighted by Gasteiger charge is -2.37. The predicted molar refractivity (Wildman–Crippen MR) is 111 cm³/mol. The second kappa shape index (κ2) is 6.58. The smallest absolute Gasteiger partial charge is 0.321 e. The van der Waals surface area contributed by atoms with Crippen molar-refractivity contribution in [2.24, 2.45) is 5.41 Å². The molecule has 1 amide bonds. The van der Waals surface area contributed by atoms with Crippen LogP contribution in [0.15, 0.2) is 35.7 Å². The van der Waals surface area contributed by atoms with Crippen LogP contribution < -0.4 is 10.6 Å². The van der Waals surface area contributed by atoms with E-state index in [0.29, 0.717) is 17.1 Å². The molecule has 4 atom stereocenters. The van der Waals surface area contributed by atoms with Gasteiger partial charge in [0.05, 0.1) is 0 Å². The molecule has 3 N–H and O–H groups in total. The molecular formula is C21H23ClN2O3S. The van der Waals surface area contributed by atoms with Gasteiger partial charge in [-0.2, -0.15) is 0 Å². The largest absolute Gasteiger partial charge is 0.480 e. The number of carboxylic acids is 1. The quantitative estimate of drug-likeness (QED) is 0.696. The van der Waals surface area contributed by atoms with Crippen LogP contribution in [0.2, 0.25) is 5.02 Å². The molecule has 0 saturated carbocycles. The average Bonchev–Trinajstić information content (AvgIpc) is 3.25. The van der Waals surface area contributed by atoms with Crippen molar-refractivity contribution in [3.63, 3.8) is 0 Å². The van der Waals surface area contributed by atoms with Crippen LogP contribution in [0.3, 0.4) is 0 Å². The summed E-state index contributed by atoms with van der Waals surface area (Å²) >= 11 is 7.66. The zero-order chi connectivity index (χ0) is 20.3. The standard InChI is InChI=1S/C21H23ClN2O3S/c1-20(2,3)10-15-21(12-7-6-11(22)9-13(12)23-19(21)27)16(14-5-4-8-28-14)17(24-15)18(25)26/h4-9,15-17,24H,10H2,1-3H3,(H,23,27)(H,25,26). The van der Waals surface area contributed by atoms with Gasteiger partial charge >= 0.3 is 5.97 Å². The van der Waals surface area contributed by atoms with Gasteiger partial charge in [0.25, 0.3) is 0 Å².